The molecule has 78 valence electrons. The van der Waals surface area contributed by atoms with E-state index < -0.39 is 0 Å². The first-order valence-corrected chi connectivity index (χ1v) is 4.93. The topological polar surface area (TPSA) is 21.7 Å². The van der Waals surface area contributed by atoms with Gasteiger partial charge in [0.15, 0.2) is 5.79 Å². The predicted octanol–water partition coefficient (Wildman–Crippen LogP) is 1.48. The van der Waals surface area contributed by atoms with Gasteiger partial charge < -0.3 is 14.4 Å². The summed E-state index contributed by atoms with van der Waals surface area (Å²) in [6.07, 6.45) is 0.224. The molecule has 1 heterocycles. The molecule has 0 aromatic heterocycles. The quantitative estimate of drug-likeness (QED) is 0.668. The highest BCUT2D eigenvalue weighted by molar-refractivity contribution is 4.74. The van der Waals surface area contributed by atoms with Crippen LogP contribution in [-0.4, -0.2) is 43.0 Å². The van der Waals surface area contributed by atoms with Crippen molar-refractivity contribution < 1.29 is 9.47 Å². The van der Waals surface area contributed by atoms with Gasteiger partial charge >= 0.3 is 0 Å². The Hall–Kier alpha value is -0.120. The fourth-order valence-corrected chi connectivity index (χ4v) is 1.39. The van der Waals surface area contributed by atoms with Crippen LogP contribution in [-0.2, 0) is 9.47 Å². The Morgan fingerprint density at radius 2 is 2.08 bits per heavy atom. The number of hydrogen-bond acceptors (Lipinski definition) is 3. The van der Waals surface area contributed by atoms with Crippen molar-refractivity contribution in [3.05, 3.63) is 0 Å². The van der Waals surface area contributed by atoms with E-state index >= 15 is 0 Å². The van der Waals surface area contributed by atoms with E-state index in [4.69, 9.17) is 9.47 Å². The summed E-state index contributed by atoms with van der Waals surface area (Å²) >= 11 is 0. The van der Waals surface area contributed by atoms with Gasteiger partial charge in [-0.1, -0.05) is 0 Å². The number of likely N-dealkylation sites (N-methyl/N-ethyl adjacent to an activating group) is 1. The van der Waals surface area contributed by atoms with E-state index in [1.165, 1.54) is 0 Å². The summed E-state index contributed by atoms with van der Waals surface area (Å²) in [7, 11) is 2.11. The molecule has 0 saturated carbocycles. The van der Waals surface area contributed by atoms with Crippen molar-refractivity contribution in [2.24, 2.45) is 0 Å². The van der Waals surface area contributed by atoms with Gasteiger partial charge in [0.1, 0.15) is 0 Å². The van der Waals surface area contributed by atoms with Crippen molar-refractivity contribution in [2.45, 2.75) is 45.6 Å². The number of ether oxygens (including phenoxy) is 2. The van der Waals surface area contributed by atoms with Crippen molar-refractivity contribution in [3.8, 4) is 0 Å². The molecule has 0 N–H and O–H groups in total. The smallest absolute Gasteiger partial charge is 0.163 e. The zero-order valence-corrected chi connectivity index (χ0v) is 9.33. The molecule has 1 aliphatic heterocycles. The van der Waals surface area contributed by atoms with Crippen molar-refractivity contribution in [2.75, 3.05) is 20.2 Å². The van der Waals surface area contributed by atoms with Gasteiger partial charge in [-0.2, -0.15) is 0 Å². The lowest BCUT2D eigenvalue weighted by atomic mass is 10.3. The molecular weight excluding hydrogens is 166 g/mol. The van der Waals surface area contributed by atoms with Crippen LogP contribution in [0.2, 0.25) is 0 Å². The number of rotatable bonds is 3. The van der Waals surface area contributed by atoms with Crippen molar-refractivity contribution in [3.63, 3.8) is 0 Å². The van der Waals surface area contributed by atoms with Crippen LogP contribution in [0, 0.1) is 0 Å². The highest BCUT2D eigenvalue weighted by Gasteiger charge is 2.33. The first kappa shape index (κ1) is 11.0. The molecule has 1 saturated heterocycles. The molecule has 1 rings (SSSR count). The van der Waals surface area contributed by atoms with Gasteiger partial charge in [0.05, 0.1) is 12.7 Å². The minimum Gasteiger partial charge on any atom is -0.348 e. The molecular formula is C10H21NO2. The second kappa shape index (κ2) is 3.95. The predicted molar refractivity (Wildman–Crippen MR) is 52.7 cm³/mol. The molecule has 1 fully saturated rings. The van der Waals surface area contributed by atoms with E-state index in [0.29, 0.717) is 12.6 Å². The molecule has 1 aliphatic rings. The summed E-state index contributed by atoms with van der Waals surface area (Å²) < 4.78 is 11.2. The van der Waals surface area contributed by atoms with Crippen LogP contribution >= 0.6 is 0 Å². The fraction of sp³-hybridized carbons (Fsp3) is 1.00. The Balaban J connectivity index is 2.32. The lowest BCUT2D eigenvalue weighted by molar-refractivity contribution is -0.140. The third-order valence-electron chi connectivity index (χ3n) is 2.44. The maximum Gasteiger partial charge on any atom is 0.163 e. The third-order valence-corrected chi connectivity index (χ3v) is 2.44. The first-order chi connectivity index (χ1) is 5.91. The molecule has 1 atom stereocenters. The van der Waals surface area contributed by atoms with E-state index in [-0.39, 0.29) is 11.9 Å². The molecule has 0 aromatic rings. The molecule has 1 unspecified atom stereocenters. The molecule has 3 heteroatoms. The SMILES string of the molecule is CC(C)N(C)CC1COC(C)(C)O1. The van der Waals surface area contributed by atoms with Crippen LogP contribution in [0.3, 0.4) is 0 Å². The fourth-order valence-electron chi connectivity index (χ4n) is 1.39. The second-order valence-electron chi connectivity index (χ2n) is 4.48. The van der Waals surface area contributed by atoms with E-state index in [2.05, 4.69) is 25.8 Å². The largest absolute Gasteiger partial charge is 0.348 e. The highest BCUT2D eigenvalue weighted by atomic mass is 16.7. The van der Waals surface area contributed by atoms with Crippen LogP contribution in [0.5, 0.6) is 0 Å². The Morgan fingerprint density at radius 3 is 2.46 bits per heavy atom. The van der Waals surface area contributed by atoms with E-state index in [1.807, 2.05) is 13.8 Å². The van der Waals surface area contributed by atoms with Crippen LogP contribution in [0.15, 0.2) is 0 Å². The van der Waals surface area contributed by atoms with E-state index in [0.717, 1.165) is 6.54 Å². The minimum absolute atomic E-state index is 0.224. The maximum absolute atomic E-state index is 5.71. The highest BCUT2D eigenvalue weighted by Crippen LogP contribution is 2.22. The summed E-state index contributed by atoms with van der Waals surface area (Å²) in [5.41, 5.74) is 0. The molecule has 0 bridgehead atoms. The van der Waals surface area contributed by atoms with Crippen molar-refractivity contribution in [1.82, 2.24) is 4.90 Å². The average Bonchev–Trinajstić information content (AvgIpc) is 2.30. The Morgan fingerprint density at radius 1 is 1.46 bits per heavy atom. The molecule has 3 nitrogen and oxygen atoms in total. The Labute approximate surface area is 81.0 Å². The Kier molecular flexibility index (Phi) is 3.33. The number of nitrogens with zero attached hydrogens (tertiary/aromatic N) is 1. The van der Waals surface area contributed by atoms with Crippen LogP contribution in [0.25, 0.3) is 0 Å². The first-order valence-electron chi connectivity index (χ1n) is 4.93. The van der Waals surface area contributed by atoms with Gasteiger partial charge in [-0.25, -0.2) is 0 Å². The summed E-state index contributed by atoms with van der Waals surface area (Å²) in [5, 5.41) is 0. The van der Waals surface area contributed by atoms with Crippen molar-refractivity contribution in [1.29, 1.82) is 0 Å². The second-order valence-corrected chi connectivity index (χ2v) is 4.48. The lowest BCUT2D eigenvalue weighted by Crippen LogP contribution is -2.36. The van der Waals surface area contributed by atoms with Gasteiger partial charge in [-0.3, -0.25) is 0 Å². The normalized spacial score (nSPS) is 27.5. The van der Waals surface area contributed by atoms with Gasteiger partial charge in [-0.05, 0) is 34.7 Å². The summed E-state index contributed by atoms with van der Waals surface area (Å²) in [4.78, 5) is 2.27. The average molecular weight is 187 g/mol. The molecule has 0 amide bonds. The monoisotopic (exact) mass is 187 g/mol. The van der Waals surface area contributed by atoms with Gasteiger partial charge in [-0.15, -0.1) is 0 Å². The summed E-state index contributed by atoms with van der Waals surface area (Å²) in [6, 6.07) is 0.562. The zero-order chi connectivity index (χ0) is 10.1. The molecule has 0 aromatic carbocycles. The van der Waals surface area contributed by atoms with Crippen LogP contribution in [0.4, 0.5) is 0 Å². The molecule has 0 spiro atoms. The van der Waals surface area contributed by atoms with Crippen molar-refractivity contribution >= 4 is 0 Å². The zero-order valence-electron chi connectivity index (χ0n) is 9.33. The minimum atomic E-state index is -0.386. The van der Waals surface area contributed by atoms with Crippen LogP contribution in [0.1, 0.15) is 27.7 Å². The molecule has 13 heavy (non-hydrogen) atoms. The van der Waals surface area contributed by atoms with Gasteiger partial charge in [0, 0.05) is 12.6 Å². The van der Waals surface area contributed by atoms with Crippen LogP contribution < -0.4 is 0 Å². The van der Waals surface area contributed by atoms with Gasteiger partial charge in [0.2, 0.25) is 0 Å². The lowest BCUT2D eigenvalue weighted by Gasteiger charge is -2.24. The standard InChI is InChI=1S/C10H21NO2/c1-8(2)11(5)6-9-7-12-10(3,4)13-9/h8-9H,6-7H2,1-5H3. The Bertz CT molecular complexity index is 168. The maximum atomic E-state index is 5.71. The summed E-state index contributed by atoms with van der Waals surface area (Å²) in [5.74, 6) is -0.386. The molecule has 0 aliphatic carbocycles. The summed E-state index contributed by atoms with van der Waals surface area (Å²) in [6.45, 7) is 9.94. The van der Waals surface area contributed by atoms with E-state index in [9.17, 15) is 0 Å². The third kappa shape index (κ3) is 3.25. The van der Waals surface area contributed by atoms with Gasteiger partial charge in [0.25, 0.3) is 0 Å². The molecule has 0 radical (unpaired) electrons. The van der Waals surface area contributed by atoms with E-state index in [1.54, 1.807) is 0 Å². The number of hydrogen-bond donors (Lipinski definition) is 0.